The first-order valence-corrected chi connectivity index (χ1v) is 8.98. The molecule has 5 nitrogen and oxygen atoms in total. The Labute approximate surface area is 158 Å². The molecular formula is C20H22ClN3O2. The monoisotopic (exact) mass is 371 g/mol. The molecule has 26 heavy (non-hydrogen) atoms. The molecule has 0 unspecified atom stereocenters. The second-order valence-corrected chi connectivity index (χ2v) is 6.95. The molecule has 1 fully saturated rings. The third kappa shape index (κ3) is 4.06. The summed E-state index contributed by atoms with van der Waals surface area (Å²) in [7, 11) is 2.05. The van der Waals surface area contributed by atoms with E-state index in [-0.39, 0.29) is 11.8 Å². The third-order valence-electron chi connectivity index (χ3n) is 4.68. The highest BCUT2D eigenvalue weighted by Crippen LogP contribution is 2.23. The Kier molecular flexibility index (Phi) is 5.59. The standard InChI is InChI=1S/C20H22ClN3O2/c1-14-17(21)7-4-8-18(14)22-19(25)15-5-3-6-16(13-15)20(26)24-11-9-23(2)10-12-24/h3-8,13H,9-12H2,1-2H3,(H,22,25). The van der Waals surface area contributed by atoms with Crippen LogP contribution >= 0.6 is 11.6 Å². The van der Waals surface area contributed by atoms with E-state index in [1.807, 2.05) is 18.9 Å². The number of nitrogens with zero attached hydrogens (tertiary/aromatic N) is 2. The molecule has 1 aliphatic heterocycles. The van der Waals surface area contributed by atoms with Crippen LogP contribution in [0.2, 0.25) is 5.02 Å². The lowest BCUT2D eigenvalue weighted by Crippen LogP contribution is -2.47. The van der Waals surface area contributed by atoms with E-state index < -0.39 is 0 Å². The van der Waals surface area contributed by atoms with Gasteiger partial charge in [-0.05, 0) is 49.9 Å². The minimum absolute atomic E-state index is 0.0355. The van der Waals surface area contributed by atoms with Crippen molar-refractivity contribution in [1.29, 1.82) is 0 Å². The summed E-state index contributed by atoms with van der Waals surface area (Å²) in [5.74, 6) is -0.296. The number of hydrogen-bond donors (Lipinski definition) is 1. The van der Waals surface area contributed by atoms with E-state index in [2.05, 4.69) is 10.2 Å². The predicted molar refractivity (Wildman–Crippen MR) is 104 cm³/mol. The van der Waals surface area contributed by atoms with Gasteiger partial charge in [-0.1, -0.05) is 23.7 Å². The summed E-state index contributed by atoms with van der Waals surface area (Å²) in [6.07, 6.45) is 0. The van der Waals surface area contributed by atoms with Crippen molar-refractivity contribution in [2.24, 2.45) is 0 Å². The van der Waals surface area contributed by atoms with Gasteiger partial charge in [0.05, 0.1) is 0 Å². The van der Waals surface area contributed by atoms with Crippen molar-refractivity contribution in [2.75, 3.05) is 38.5 Å². The molecule has 6 heteroatoms. The number of halogens is 1. The molecule has 2 aromatic rings. The van der Waals surface area contributed by atoms with Gasteiger partial charge in [-0.25, -0.2) is 0 Å². The Hall–Kier alpha value is -2.37. The highest BCUT2D eigenvalue weighted by molar-refractivity contribution is 6.31. The number of hydrogen-bond acceptors (Lipinski definition) is 3. The molecule has 0 bridgehead atoms. The minimum atomic E-state index is -0.261. The number of likely N-dealkylation sites (N-methyl/N-ethyl adjacent to an activating group) is 1. The minimum Gasteiger partial charge on any atom is -0.336 e. The van der Waals surface area contributed by atoms with Gasteiger partial charge in [-0.3, -0.25) is 9.59 Å². The number of piperazine rings is 1. The lowest BCUT2D eigenvalue weighted by molar-refractivity contribution is 0.0664. The first kappa shape index (κ1) is 18.4. The summed E-state index contributed by atoms with van der Waals surface area (Å²) < 4.78 is 0. The molecule has 0 spiro atoms. The molecular weight excluding hydrogens is 350 g/mol. The van der Waals surface area contributed by atoms with Gasteiger partial charge in [-0.15, -0.1) is 0 Å². The average molecular weight is 372 g/mol. The Bertz CT molecular complexity index is 830. The first-order valence-electron chi connectivity index (χ1n) is 8.60. The fourth-order valence-electron chi connectivity index (χ4n) is 2.92. The second kappa shape index (κ2) is 7.89. The maximum Gasteiger partial charge on any atom is 0.255 e. The molecule has 2 aromatic carbocycles. The van der Waals surface area contributed by atoms with Crippen LogP contribution in [0, 0.1) is 6.92 Å². The molecule has 1 saturated heterocycles. The lowest BCUT2D eigenvalue weighted by atomic mass is 10.1. The van der Waals surface area contributed by atoms with E-state index in [4.69, 9.17) is 11.6 Å². The van der Waals surface area contributed by atoms with Crippen LogP contribution < -0.4 is 5.32 Å². The largest absolute Gasteiger partial charge is 0.336 e. The number of anilines is 1. The van der Waals surface area contributed by atoms with Crippen LogP contribution in [-0.4, -0.2) is 54.8 Å². The SMILES string of the molecule is Cc1c(Cl)cccc1NC(=O)c1cccc(C(=O)N2CCN(C)CC2)c1. The molecule has 0 saturated carbocycles. The van der Waals surface area contributed by atoms with E-state index >= 15 is 0 Å². The van der Waals surface area contributed by atoms with Crippen LogP contribution in [0.4, 0.5) is 5.69 Å². The van der Waals surface area contributed by atoms with Gasteiger partial charge < -0.3 is 15.1 Å². The van der Waals surface area contributed by atoms with Crippen molar-refractivity contribution in [3.63, 3.8) is 0 Å². The Morgan fingerprint density at radius 3 is 2.38 bits per heavy atom. The van der Waals surface area contributed by atoms with E-state index in [1.165, 1.54) is 0 Å². The summed E-state index contributed by atoms with van der Waals surface area (Å²) in [6.45, 7) is 4.98. The van der Waals surface area contributed by atoms with E-state index in [0.29, 0.717) is 34.9 Å². The predicted octanol–water partition coefficient (Wildman–Crippen LogP) is 3.29. The molecule has 2 amide bonds. The number of rotatable bonds is 3. The fourth-order valence-corrected chi connectivity index (χ4v) is 3.10. The molecule has 0 aliphatic carbocycles. The van der Waals surface area contributed by atoms with Crippen LogP contribution in [-0.2, 0) is 0 Å². The normalized spacial score (nSPS) is 15.0. The van der Waals surface area contributed by atoms with Gasteiger partial charge in [0.25, 0.3) is 11.8 Å². The number of carbonyl (C=O) groups excluding carboxylic acids is 2. The summed E-state index contributed by atoms with van der Waals surface area (Å²) in [4.78, 5) is 29.3. The van der Waals surface area contributed by atoms with Crippen LogP contribution in [0.5, 0.6) is 0 Å². The van der Waals surface area contributed by atoms with Gasteiger partial charge in [0.1, 0.15) is 0 Å². The second-order valence-electron chi connectivity index (χ2n) is 6.54. The quantitative estimate of drug-likeness (QED) is 0.900. The van der Waals surface area contributed by atoms with Crippen LogP contribution in [0.15, 0.2) is 42.5 Å². The zero-order valence-corrected chi connectivity index (χ0v) is 15.7. The van der Waals surface area contributed by atoms with Crippen molar-refractivity contribution in [3.8, 4) is 0 Å². The first-order chi connectivity index (χ1) is 12.5. The van der Waals surface area contributed by atoms with Crippen molar-refractivity contribution < 1.29 is 9.59 Å². The summed E-state index contributed by atoms with van der Waals surface area (Å²) in [6, 6.07) is 12.2. The summed E-state index contributed by atoms with van der Waals surface area (Å²) in [5, 5.41) is 3.46. The van der Waals surface area contributed by atoms with Crippen molar-refractivity contribution in [2.45, 2.75) is 6.92 Å². The van der Waals surface area contributed by atoms with Crippen LogP contribution in [0.3, 0.4) is 0 Å². The van der Waals surface area contributed by atoms with E-state index in [1.54, 1.807) is 42.5 Å². The zero-order valence-electron chi connectivity index (χ0n) is 15.0. The van der Waals surface area contributed by atoms with Gasteiger partial charge in [0, 0.05) is 48.0 Å². The van der Waals surface area contributed by atoms with E-state index in [9.17, 15) is 9.59 Å². The van der Waals surface area contributed by atoms with Crippen molar-refractivity contribution >= 4 is 29.1 Å². The maximum absolute atomic E-state index is 12.7. The maximum atomic E-state index is 12.7. The third-order valence-corrected chi connectivity index (χ3v) is 5.09. The molecule has 0 atom stereocenters. The number of amides is 2. The van der Waals surface area contributed by atoms with Gasteiger partial charge in [0.2, 0.25) is 0 Å². The van der Waals surface area contributed by atoms with Crippen molar-refractivity contribution in [1.82, 2.24) is 9.80 Å². The van der Waals surface area contributed by atoms with E-state index in [0.717, 1.165) is 18.7 Å². The Morgan fingerprint density at radius 2 is 1.65 bits per heavy atom. The van der Waals surface area contributed by atoms with Gasteiger partial charge in [0.15, 0.2) is 0 Å². The average Bonchev–Trinajstić information content (AvgIpc) is 2.65. The summed E-state index contributed by atoms with van der Waals surface area (Å²) in [5.41, 5.74) is 2.46. The molecule has 3 rings (SSSR count). The molecule has 136 valence electrons. The molecule has 1 heterocycles. The van der Waals surface area contributed by atoms with Crippen LogP contribution in [0.1, 0.15) is 26.3 Å². The smallest absolute Gasteiger partial charge is 0.255 e. The fraction of sp³-hybridized carbons (Fsp3) is 0.300. The highest BCUT2D eigenvalue weighted by atomic mass is 35.5. The molecule has 0 radical (unpaired) electrons. The van der Waals surface area contributed by atoms with Gasteiger partial charge in [-0.2, -0.15) is 0 Å². The Morgan fingerprint density at radius 1 is 1.00 bits per heavy atom. The highest BCUT2D eigenvalue weighted by Gasteiger charge is 2.21. The van der Waals surface area contributed by atoms with Crippen LogP contribution in [0.25, 0.3) is 0 Å². The zero-order chi connectivity index (χ0) is 18.7. The molecule has 1 N–H and O–H groups in total. The summed E-state index contributed by atoms with van der Waals surface area (Å²) >= 11 is 6.10. The molecule has 1 aliphatic rings. The number of nitrogens with one attached hydrogen (secondary N) is 1. The number of benzene rings is 2. The number of carbonyl (C=O) groups is 2. The Balaban J connectivity index is 1.75. The topological polar surface area (TPSA) is 52.7 Å². The lowest BCUT2D eigenvalue weighted by Gasteiger charge is -2.32. The molecule has 0 aromatic heterocycles. The van der Waals surface area contributed by atoms with Crippen molar-refractivity contribution in [3.05, 3.63) is 64.2 Å². The van der Waals surface area contributed by atoms with Gasteiger partial charge >= 0.3 is 0 Å².